The summed E-state index contributed by atoms with van der Waals surface area (Å²) in [6.07, 6.45) is 8.67. The molecule has 86 valence electrons. The molecule has 2 heteroatoms. The highest BCUT2D eigenvalue weighted by Crippen LogP contribution is 2.19. The fourth-order valence-electron chi connectivity index (χ4n) is 2.58. The van der Waals surface area contributed by atoms with Crippen LogP contribution in [-0.2, 0) is 0 Å². The molecule has 14 heavy (non-hydrogen) atoms. The Morgan fingerprint density at radius 3 is 2.07 bits per heavy atom. The third-order valence-corrected chi connectivity index (χ3v) is 3.67. The van der Waals surface area contributed by atoms with E-state index in [4.69, 9.17) is 0 Å². The summed E-state index contributed by atoms with van der Waals surface area (Å²) >= 11 is 0. The van der Waals surface area contributed by atoms with Gasteiger partial charge in [0.1, 0.15) is 0 Å². The van der Waals surface area contributed by atoms with E-state index < -0.39 is 0 Å². The first-order chi connectivity index (χ1) is 6.33. The Hall–Kier alpha value is -0.110. The predicted octanol–water partition coefficient (Wildman–Crippen LogP) is 0.201. The average Bonchev–Trinajstić information content (AvgIpc) is 2.20. The highest BCUT2D eigenvalue weighted by atomic mass is 19.0. The number of likely N-dealkylation sites (tertiary alicyclic amines) is 1. The third kappa shape index (κ3) is 3.95. The van der Waals surface area contributed by atoms with E-state index in [0.29, 0.717) is 0 Å². The van der Waals surface area contributed by atoms with Crippen molar-refractivity contribution in [1.29, 1.82) is 0 Å². The van der Waals surface area contributed by atoms with Crippen molar-refractivity contribution >= 4 is 0 Å². The van der Waals surface area contributed by atoms with E-state index in [0.717, 1.165) is 0 Å². The second kappa shape index (κ2) is 7.22. The number of hydrogen-bond donors (Lipinski definition) is 0. The Balaban J connectivity index is 0.00000169. The van der Waals surface area contributed by atoms with Gasteiger partial charge in [-0.2, -0.15) is 0 Å². The maximum Gasteiger partial charge on any atom is 0.0786 e. The molecule has 1 saturated heterocycles. The maximum absolute atomic E-state index is 2.37. The van der Waals surface area contributed by atoms with Gasteiger partial charge in [0.15, 0.2) is 0 Å². The Morgan fingerprint density at radius 1 is 0.929 bits per heavy atom. The van der Waals surface area contributed by atoms with Gasteiger partial charge >= 0.3 is 0 Å². The Bertz CT molecular complexity index is 130. The van der Waals surface area contributed by atoms with Crippen molar-refractivity contribution in [3.05, 3.63) is 0 Å². The van der Waals surface area contributed by atoms with Crippen LogP contribution in [0.15, 0.2) is 0 Å². The largest absolute Gasteiger partial charge is 1.00 e. The number of piperidine rings is 1. The van der Waals surface area contributed by atoms with Crippen LogP contribution in [0.3, 0.4) is 0 Å². The molecule has 0 atom stereocenters. The van der Waals surface area contributed by atoms with Crippen molar-refractivity contribution in [3.8, 4) is 0 Å². The highest BCUT2D eigenvalue weighted by Gasteiger charge is 2.26. The first kappa shape index (κ1) is 13.9. The summed E-state index contributed by atoms with van der Waals surface area (Å²) in [5.74, 6) is 0. The Kier molecular flexibility index (Phi) is 7.16. The second-order valence-corrected chi connectivity index (χ2v) is 4.60. The quantitative estimate of drug-likeness (QED) is 0.442. The van der Waals surface area contributed by atoms with Gasteiger partial charge in [0.25, 0.3) is 0 Å². The van der Waals surface area contributed by atoms with Crippen molar-refractivity contribution in [2.24, 2.45) is 0 Å². The molecule has 0 spiro atoms. The molecular weight excluding hydrogens is 177 g/mol. The summed E-state index contributed by atoms with van der Waals surface area (Å²) in [4.78, 5) is 0. The molecule has 0 amide bonds. The van der Waals surface area contributed by atoms with Crippen LogP contribution in [0.2, 0.25) is 0 Å². The molecular formula is C12H26FN. The van der Waals surface area contributed by atoms with Gasteiger partial charge in [0.2, 0.25) is 0 Å². The van der Waals surface area contributed by atoms with Gasteiger partial charge in [-0.05, 0) is 39.0 Å². The van der Waals surface area contributed by atoms with E-state index in [-0.39, 0.29) is 4.70 Å². The number of nitrogens with zero attached hydrogens (tertiary/aromatic N) is 1. The fraction of sp³-hybridized carbons (Fsp3) is 1.00. The number of halogens is 1. The number of rotatable bonds is 5. The first-order valence-electron chi connectivity index (χ1n) is 6.18. The standard InChI is InChI=1S/C12H26N.FH/c1-3-5-7-10-13(4-2)11-8-6-9-12-13;/h3-12H2,1-2H3;1H/q+1;/p-1. The van der Waals surface area contributed by atoms with E-state index in [1.165, 1.54) is 69.2 Å². The van der Waals surface area contributed by atoms with Gasteiger partial charge in [0, 0.05) is 0 Å². The minimum Gasteiger partial charge on any atom is -1.00 e. The number of hydrogen-bond acceptors (Lipinski definition) is 0. The molecule has 0 aromatic heterocycles. The first-order valence-corrected chi connectivity index (χ1v) is 6.18. The van der Waals surface area contributed by atoms with Crippen LogP contribution in [0.1, 0.15) is 52.4 Å². The Morgan fingerprint density at radius 2 is 1.57 bits per heavy atom. The lowest BCUT2D eigenvalue weighted by Crippen LogP contribution is -3.00. The molecule has 0 aliphatic carbocycles. The molecule has 0 bridgehead atoms. The third-order valence-electron chi connectivity index (χ3n) is 3.67. The van der Waals surface area contributed by atoms with E-state index in [9.17, 15) is 0 Å². The highest BCUT2D eigenvalue weighted by molar-refractivity contribution is 4.53. The Labute approximate surface area is 88.4 Å². The van der Waals surface area contributed by atoms with E-state index >= 15 is 0 Å². The van der Waals surface area contributed by atoms with E-state index in [1.54, 1.807) is 0 Å². The molecule has 0 aromatic rings. The zero-order valence-corrected chi connectivity index (χ0v) is 9.90. The zero-order chi connectivity index (χ0) is 9.57. The van der Waals surface area contributed by atoms with Gasteiger partial charge in [-0.15, -0.1) is 0 Å². The van der Waals surface area contributed by atoms with Gasteiger partial charge in [-0.1, -0.05) is 13.3 Å². The van der Waals surface area contributed by atoms with Crippen molar-refractivity contribution in [2.45, 2.75) is 52.4 Å². The summed E-state index contributed by atoms with van der Waals surface area (Å²) in [5, 5.41) is 0. The minimum atomic E-state index is 0. The average molecular weight is 203 g/mol. The van der Waals surface area contributed by atoms with Crippen molar-refractivity contribution < 1.29 is 9.19 Å². The van der Waals surface area contributed by atoms with Crippen LogP contribution in [-0.4, -0.2) is 30.7 Å². The number of unbranched alkanes of at least 4 members (excludes halogenated alkanes) is 2. The molecule has 1 aliphatic heterocycles. The summed E-state index contributed by atoms with van der Waals surface area (Å²) in [5.41, 5.74) is 0. The van der Waals surface area contributed by atoms with Gasteiger partial charge < -0.3 is 9.19 Å². The van der Waals surface area contributed by atoms with Crippen LogP contribution in [0.5, 0.6) is 0 Å². The lowest BCUT2D eigenvalue weighted by Gasteiger charge is -2.41. The lowest BCUT2D eigenvalue weighted by atomic mass is 10.1. The summed E-state index contributed by atoms with van der Waals surface area (Å²) in [7, 11) is 0. The zero-order valence-electron chi connectivity index (χ0n) is 9.90. The molecule has 0 N–H and O–H groups in total. The lowest BCUT2D eigenvalue weighted by molar-refractivity contribution is -0.931. The molecule has 1 nitrogen and oxygen atoms in total. The van der Waals surface area contributed by atoms with Crippen LogP contribution >= 0.6 is 0 Å². The SMILES string of the molecule is CCCCC[N+]1(CC)CCCCC1.[F-]. The molecule has 0 saturated carbocycles. The minimum absolute atomic E-state index is 0. The fourth-order valence-corrected chi connectivity index (χ4v) is 2.58. The molecule has 1 fully saturated rings. The summed E-state index contributed by atoms with van der Waals surface area (Å²) in [6.45, 7) is 10.4. The van der Waals surface area contributed by atoms with Crippen molar-refractivity contribution in [2.75, 3.05) is 26.2 Å². The molecule has 0 radical (unpaired) electrons. The second-order valence-electron chi connectivity index (χ2n) is 4.60. The molecule has 1 aliphatic rings. The summed E-state index contributed by atoms with van der Waals surface area (Å²) < 4.78 is 1.43. The van der Waals surface area contributed by atoms with Crippen LogP contribution < -0.4 is 4.70 Å². The predicted molar refractivity (Wildman–Crippen MR) is 58.8 cm³/mol. The maximum atomic E-state index is 2.37. The van der Waals surface area contributed by atoms with E-state index in [2.05, 4.69) is 13.8 Å². The van der Waals surface area contributed by atoms with Gasteiger partial charge in [0.05, 0.1) is 26.2 Å². The number of quaternary nitrogens is 1. The van der Waals surface area contributed by atoms with Crippen LogP contribution in [0.25, 0.3) is 0 Å². The van der Waals surface area contributed by atoms with Gasteiger partial charge in [-0.3, -0.25) is 0 Å². The van der Waals surface area contributed by atoms with Crippen molar-refractivity contribution in [3.63, 3.8) is 0 Å². The summed E-state index contributed by atoms with van der Waals surface area (Å²) in [6, 6.07) is 0. The van der Waals surface area contributed by atoms with Crippen LogP contribution in [0, 0.1) is 0 Å². The van der Waals surface area contributed by atoms with Crippen molar-refractivity contribution in [1.82, 2.24) is 0 Å². The molecule has 0 aromatic carbocycles. The molecule has 0 unspecified atom stereocenters. The smallest absolute Gasteiger partial charge is 0.0786 e. The topological polar surface area (TPSA) is 0 Å². The van der Waals surface area contributed by atoms with Crippen LogP contribution in [0.4, 0.5) is 0 Å². The molecule has 1 rings (SSSR count). The normalized spacial score (nSPS) is 20.1. The van der Waals surface area contributed by atoms with E-state index in [1.807, 2.05) is 0 Å². The van der Waals surface area contributed by atoms with Gasteiger partial charge in [-0.25, -0.2) is 0 Å². The molecule has 1 heterocycles. The monoisotopic (exact) mass is 203 g/mol.